The number of piperidine rings is 1. The van der Waals surface area contributed by atoms with Gasteiger partial charge >= 0.3 is 0 Å². The minimum absolute atomic E-state index is 0.158. The van der Waals surface area contributed by atoms with Crippen LogP contribution in [0.4, 0.5) is 11.4 Å². The van der Waals surface area contributed by atoms with Crippen LogP contribution in [-0.2, 0) is 4.74 Å². The van der Waals surface area contributed by atoms with Crippen LogP contribution in [-0.4, -0.2) is 61.2 Å². The van der Waals surface area contributed by atoms with Gasteiger partial charge in [0.15, 0.2) is 0 Å². The molecule has 1 aromatic carbocycles. The lowest BCUT2D eigenvalue weighted by Crippen LogP contribution is -2.49. The first-order valence-electron chi connectivity index (χ1n) is 10.7. The molecule has 2 aliphatic rings. The van der Waals surface area contributed by atoms with E-state index in [1.165, 1.54) is 11.3 Å². The van der Waals surface area contributed by atoms with Crippen molar-refractivity contribution in [3.8, 4) is 9.88 Å². The van der Waals surface area contributed by atoms with E-state index in [1.807, 2.05) is 41.1 Å². The van der Waals surface area contributed by atoms with Gasteiger partial charge < -0.3 is 15.0 Å². The molecular weight excluding hydrogens is 428 g/mol. The molecule has 1 N–H and O–H groups in total. The van der Waals surface area contributed by atoms with Crippen LogP contribution in [0.2, 0.25) is 0 Å². The van der Waals surface area contributed by atoms with Crippen LogP contribution in [0.3, 0.4) is 0 Å². The summed E-state index contributed by atoms with van der Waals surface area (Å²) in [4.78, 5) is 23.5. The third kappa shape index (κ3) is 4.67. The van der Waals surface area contributed by atoms with Gasteiger partial charge in [0.25, 0.3) is 5.91 Å². The number of rotatable bonds is 5. The zero-order valence-corrected chi connectivity index (χ0v) is 19.0. The molecular formula is C23H26N4O2S2. The van der Waals surface area contributed by atoms with Crippen molar-refractivity contribution in [3.05, 3.63) is 52.9 Å². The number of carbonyl (C=O) groups is 1. The Balaban J connectivity index is 1.25. The number of benzene rings is 1. The van der Waals surface area contributed by atoms with E-state index in [9.17, 15) is 4.79 Å². The van der Waals surface area contributed by atoms with Gasteiger partial charge in [-0.05, 0) is 36.4 Å². The van der Waals surface area contributed by atoms with Crippen LogP contribution in [0.1, 0.15) is 23.3 Å². The molecule has 0 spiro atoms. The van der Waals surface area contributed by atoms with E-state index >= 15 is 0 Å². The number of thiophene rings is 1. The Kier molecular flexibility index (Phi) is 6.31. The van der Waals surface area contributed by atoms with Crippen LogP contribution in [0.5, 0.6) is 0 Å². The summed E-state index contributed by atoms with van der Waals surface area (Å²) in [5, 5.41) is 7.84. The van der Waals surface area contributed by atoms with Crippen LogP contribution in [0.15, 0.2) is 47.2 Å². The number of hydrogen-bond acceptors (Lipinski definition) is 7. The lowest BCUT2D eigenvalue weighted by molar-refractivity contribution is 0.0115. The molecule has 2 saturated heterocycles. The van der Waals surface area contributed by atoms with Gasteiger partial charge in [-0.3, -0.25) is 9.69 Å². The monoisotopic (exact) mass is 454 g/mol. The van der Waals surface area contributed by atoms with Crippen LogP contribution in [0, 0.1) is 0 Å². The van der Waals surface area contributed by atoms with Gasteiger partial charge in [-0.2, -0.15) is 0 Å². The highest BCUT2D eigenvalue weighted by atomic mass is 32.1. The zero-order chi connectivity index (χ0) is 21.0. The van der Waals surface area contributed by atoms with E-state index in [1.54, 1.807) is 11.3 Å². The van der Waals surface area contributed by atoms with Crippen molar-refractivity contribution in [3.63, 3.8) is 0 Å². The smallest absolute Gasteiger partial charge is 0.275 e. The molecule has 162 valence electrons. The molecule has 0 atom stereocenters. The number of hydrogen-bond donors (Lipinski definition) is 1. The predicted molar refractivity (Wildman–Crippen MR) is 127 cm³/mol. The fourth-order valence-corrected chi connectivity index (χ4v) is 5.96. The number of nitrogens with one attached hydrogen (secondary N) is 1. The number of anilines is 2. The standard InChI is InChI=1S/C23H26N4O2S2/c28-22(19-16-31-23(25-19)21-6-3-15-30-21)24-18-4-1-2-5-20(18)27-9-7-17(8-10-27)26-11-13-29-14-12-26/h1-6,15-17H,7-14H2,(H,24,28). The second-order valence-electron chi connectivity index (χ2n) is 7.85. The van der Waals surface area contributed by atoms with Crippen LogP contribution < -0.4 is 10.2 Å². The maximum absolute atomic E-state index is 12.9. The molecule has 4 heterocycles. The lowest BCUT2D eigenvalue weighted by atomic mass is 10.0. The van der Waals surface area contributed by atoms with E-state index in [0.717, 1.165) is 73.5 Å². The largest absolute Gasteiger partial charge is 0.379 e. The Morgan fingerprint density at radius 2 is 1.84 bits per heavy atom. The molecule has 0 saturated carbocycles. The molecule has 2 fully saturated rings. The van der Waals surface area contributed by atoms with E-state index in [4.69, 9.17) is 4.74 Å². The molecule has 5 rings (SSSR count). The van der Waals surface area contributed by atoms with Crippen LogP contribution >= 0.6 is 22.7 Å². The molecule has 2 aromatic heterocycles. The van der Waals surface area contributed by atoms with Gasteiger partial charge in [0.05, 0.1) is 29.5 Å². The van der Waals surface area contributed by atoms with Gasteiger partial charge in [0.2, 0.25) is 0 Å². The maximum Gasteiger partial charge on any atom is 0.275 e. The third-order valence-corrected chi connectivity index (χ3v) is 7.87. The minimum atomic E-state index is -0.158. The summed E-state index contributed by atoms with van der Waals surface area (Å²) < 4.78 is 5.50. The van der Waals surface area contributed by atoms with Gasteiger partial charge in [-0.15, -0.1) is 22.7 Å². The summed E-state index contributed by atoms with van der Waals surface area (Å²) in [7, 11) is 0. The summed E-state index contributed by atoms with van der Waals surface area (Å²) in [6.45, 7) is 5.76. The van der Waals surface area contributed by atoms with Gasteiger partial charge in [-0.25, -0.2) is 4.98 Å². The van der Waals surface area contributed by atoms with Gasteiger partial charge in [0.1, 0.15) is 10.7 Å². The van der Waals surface area contributed by atoms with E-state index in [-0.39, 0.29) is 5.91 Å². The molecule has 0 bridgehead atoms. The van der Waals surface area contributed by atoms with E-state index < -0.39 is 0 Å². The Hall–Kier alpha value is -2.26. The zero-order valence-electron chi connectivity index (χ0n) is 17.3. The molecule has 8 heteroatoms. The fraction of sp³-hybridized carbons (Fsp3) is 0.391. The maximum atomic E-state index is 12.9. The van der Waals surface area contributed by atoms with Crippen molar-refractivity contribution < 1.29 is 9.53 Å². The fourth-order valence-electron chi connectivity index (χ4n) is 4.35. The van der Waals surface area contributed by atoms with Gasteiger partial charge in [-0.1, -0.05) is 18.2 Å². The summed E-state index contributed by atoms with van der Waals surface area (Å²) in [6, 6.07) is 12.7. The average molecular weight is 455 g/mol. The molecule has 1 amide bonds. The Morgan fingerprint density at radius 3 is 2.61 bits per heavy atom. The second-order valence-corrected chi connectivity index (χ2v) is 9.66. The van der Waals surface area contributed by atoms with E-state index in [0.29, 0.717) is 11.7 Å². The van der Waals surface area contributed by atoms with Crippen molar-refractivity contribution in [1.82, 2.24) is 9.88 Å². The van der Waals surface area contributed by atoms with Crippen molar-refractivity contribution in [2.45, 2.75) is 18.9 Å². The normalized spacial score (nSPS) is 18.3. The number of thiazole rings is 1. The quantitative estimate of drug-likeness (QED) is 0.618. The Bertz CT molecular complexity index is 1010. The Morgan fingerprint density at radius 1 is 1.03 bits per heavy atom. The van der Waals surface area contributed by atoms with E-state index in [2.05, 4.69) is 26.2 Å². The van der Waals surface area contributed by atoms with Crippen molar-refractivity contribution >= 4 is 40.0 Å². The molecule has 31 heavy (non-hydrogen) atoms. The number of morpholine rings is 1. The van der Waals surface area contributed by atoms with Crippen molar-refractivity contribution in [2.24, 2.45) is 0 Å². The second kappa shape index (κ2) is 9.48. The SMILES string of the molecule is O=C(Nc1ccccc1N1CCC(N2CCOCC2)CC1)c1csc(-c2cccs2)n1. The lowest BCUT2D eigenvalue weighted by Gasteiger charge is -2.41. The minimum Gasteiger partial charge on any atom is -0.379 e. The molecule has 2 aliphatic heterocycles. The average Bonchev–Trinajstić information content (AvgIpc) is 3.52. The molecule has 0 radical (unpaired) electrons. The summed E-state index contributed by atoms with van der Waals surface area (Å²) in [6.07, 6.45) is 2.27. The molecule has 6 nitrogen and oxygen atoms in total. The number of nitrogens with zero attached hydrogens (tertiary/aromatic N) is 3. The number of carbonyl (C=O) groups excluding carboxylic acids is 1. The highest BCUT2D eigenvalue weighted by Gasteiger charge is 2.27. The van der Waals surface area contributed by atoms with Crippen LogP contribution in [0.25, 0.3) is 9.88 Å². The summed E-state index contributed by atoms with van der Waals surface area (Å²) in [5.41, 5.74) is 2.40. The van der Waals surface area contributed by atoms with Crippen molar-refractivity contribution in [1.29, 1.82) is 0 Å². The molecule has 3 aromatic rings. The Labute approximate surface area is 190 Å². The molecule has 0 aliphatic carbocycles. The topological polar surface area (TPSA) is 57.7 Å². The number of para-hydroxylation sites is 2. The molecule has 0 unspecified atom stereocenters. The summed E-state index contributed by atoms with van der Waals surface area (Å²) >= 11 is 3.14. The van der Waals surface area contributed by atoms with Gasteiger partial charge in [0, 0.05) is 37.6 Å². The number of ether oxygens (including phenoxy) is 1. The number of aromatic nitrogens is 1. The highest BCUT2D eigenvalue weighted by molar-refractivity contribution is 7.20. The first kappa shape index (κ1) is 20.6. The third-order valence-electron chi connectivity index (χ3n) is 5.99. The van der Waals surface area contributed by atoms with Crippen molar-refractivity contribution in [2.75, 3.05) is 49.6 Å². The first-order chi connectivity index (χ1) is 15.3. The number of amides is 1. The summed E-state index contributed by atoms with van der Waals surface area (Å²) in [5.74, 6) is -0.158. The highest BCUT2D eigenvalue weighted by Crippen LogP contribution is 2.31. The first-order valence-corrected chi connectivity index (χ1v) is 12.5. The predicted octanol–water partition coefficient (Wildman–Crippen LogP) is 4.42.